The zero-order chi connectivity index (χ0) is 16.9. The van der Waals surface area contributed by atoms with Gasteiger partial charge in [-0.25, -0.2) is 4.39 Å². The molecule has 5 nitrogen and oxygen atoms in total. The number of amides is 1. The molecule has 0 heterocycles. The first kappa shape index (κ1) is 18.4. The molecule has 1 rings (SSSR count). The number of rotatable bonds is 7. The Morgan fingerprint density at radius 1 is 1.36 bits per heavy atom. The van der Waals surface area contributed by atoms with E-state index in [0.29, 0.717) is 6.42 Å². The lowest BCUT2D eigenvalue weighted by Gasteiger charge is -2.30. The van der Waals surface area contributed by atoms with E-state index in [2.05, 4.69) is 0 Å². The molecule has 0 aliphatic heterocycles. The Balaban J connectivity index is 3.24. The van der Waals surface area contributed by atoms with Crippen molar-refractivity contribution in [2.24, 2.45) is 0 Å². The highest BCUT2D eigenvalue weighted by Crippen LogP contribution is 2.30. The van der Waals surface area contributed by atoms with Gasteiger partial charge in [-0.05, 0) is 32.6 Å². The van der Waals surface area contributed by atoms with Crippen molar-refractivity contribution in [2.45, 2.75) is 19.4 Å². The van der Waals surface area contributed by atoms with Crippen LogP contribution in [0.3, 0.4) is 0 Å². The van der Waals surface area contributed by atoms with E-state index >= 15 is 0 Å². The standard InChI is InChI=1S/C15H20ClFN2O3/c1-4-8-19(9-12(20)21)15(22)14(18(2)3)13-10(16)6-5-7-11(13)17/h5-7,14H,4,8-9H2,1-3H3,(H,20,21). The van der Waals surface area contributed by atoms with Crippen molar-refractivity contribution in [3.63, 3.8) is 0 Å². The highest BCUT2D eigenvalue weighted by atomic mass is 35.5. The first-order valence-electron chi connectivity index (χ1n) is 6.90. The molecule has 22 heavy (non-hydrogen) atoms. The van der Waals surface area contributed by atoms with Crippen LogP contribution in [-0.2, 0) is 9.59 Å². The van der Waals surface area contributed by atoms with E-state index in [1.165, 1.54) is 28.0 Å². The van der Waals surface area contributed by atoms with Gasteiger partial charge < -0.3 is 10.0 Å². The van der Waals surface area contributed by atoms with Gasteiger partial charge >= 0.3 is 5.97 Å². The summed E-state index contributed by atoms with van der Waals surface area (Å²) in [6, 6.07) is 3.22. The summed E-state index contributed by atoms with van der Waals surface area (Å²) in [5, 5.41) is 9.09. The van der Waals surface area contributed by atoms with Crippen LogP contribution in [0.2, 0.25) is 5.02 Å². The van der Waals surface area contributed by atoms with Crippen LogP contribution in [0.4, 0.5) is 4.39 Å². The predicted octanol–water partition coefficient (Wildman–Crippen LogP) is 2.41. The molecule has 0 aromatic heterocycles. The first-order valence-corrected chi connectivity index (χ1v) is 7.28. The number of hydrogen-bond donors (Lipinski definition) is 1. The van der Waals surface area contributed by atoms with Gasteiger partial charge in [0, 0.05) is 17.1 Å². The van der Waals surface area contributed by atoms with E-state index in [4.69, 9.17) is 16.7 Å². The number of carboxylic acid groups (broad SMARTS) is 1. The molecule has 122 valence electrons. The molecular weight excluding hydrogens is 311 g/mol. The highest BCUT2D eigenvalue weighted by Gasteiger charge is 2.32. The molecule has 7 heteroatoms. The van der Waals surface area contributed by atoms with Crippen molar-refractivity contribution >= 4 is 23.5 Å². The number of carbonyl (C=O) groups excluding carboxylic acids is 1. The summed E-state index contributed by atoms with van der Waals surface area (Å²) < 4.78 is 14.1. The fourth-order valence-electron chi connectivity index (χ4n) is 2.25. The Morgan fingerprint density at radius 3 is 2.45 bits per heavy atom. The van der Waals surface area contributed by atoms with E-state index in [9.17, 15) is 14.0 Å². The summed E-state index contributed by atoms with van der Waals surface area (Å²) in [5.41, 5.74) is 0.0608. The number of hydrogen-bond acceptors (Lipinski definition) is 3. The van der Waals surface area contributed by atoms with E-state index in [1.54, 1.807) is 14.1 Å². The minimum atomic E-state index is -1.11. The minimum absolute atomic E-state index is 0.0608. The van der Waals surface area contributed by atoms with Crippen LogP contribution < -0.4 is 0 Å². The molecule has 0 saturated carbocycles. The minimum Gasteiger partial charge on any atom is -0.480 e. The summed E-state index contributed by atoms with van der Waals surface area (Å²) in [7, 11) is 3.24. The van der Waals surface area contributed by atoms with Crippen LogP contribution in [0.25, 0.3) is 0 Å². The summed E-state index contributed by atoms with van der Waals surface area (Å²) in [5.74, 6) is -2.19. The van der Waals surface area contributed by atoms with Gasteiger partial charge in [0.05, 0.1) is 0 Å². The first-order chi connectivity index (χ1) is 10.3. The molecule has 0 aliphatic rings. The van der Waals surface area contributed by atoms with Crippen LogP contribution in [0, 0.1) is 5.82 Å². The SMILES string of the molecule is CCCN(CC(=O)O)C(=O)C(c1c(F)cccc1Cl)N(C)C. The number of carboxylic acids is 1. The Hall–Kier alpha value is -1.66. The lowest BCUT2D eigenvalue weighted by Crippen LogP contribution is -2.43. The van der Waals surface area contributed by atoms with Gasteiger partial charge in [0.25, 0.3) is 0 Å². The molecule has 0 bridgehead atoms. The van der Waals surface area contributed by atoms with E-state index < -0.39 is 30.3 Å². The maximum Gasteiger partial charge on any atom is 0.323 e. The second kappa shape index (κ2) is 8.10. The quantitative estimate of drug-likeness (QED) is 0.834. The van der Waals surface area contributed by atoms with Crippen molar-refractivity contribution in [3.05, 3.63) is 34.6 Å². The third-order valence-corrected chi connectivity index (χ3v) is 3.48. The fourth-order valence-corrected chi connectivity index (χ4v) is 2.51. The smallest absolute Gasteiger partial charge is 0.323 e. The number of nitrogens with zero attached hydrogens (tertiary/aromatic N) is 2. The normalized spacial score (nSPS) is 12.3. The van der Waals surface area contributed by atoms with Crippen LogP contribution >= 0.6 is 11.6 Å². The second-order valence-electron chi connectivity index (χ2n) is 5.16. The molecule has 0 radical (unpaired) electrons. The molecule has 0 fully saturated rings. The van der Waals surface area contributed by atoms with Crippen molar-refractivity contribution in [2.75, 3.05) is 27.2 Å². The van der Waals surface area contributed by atoms with Crippen LogP contribution in [0.5, 0.6) is 0 Å². The molecule has 1 aromatic carbocycles. The Morgan fingerprint density at radius 2 is 2.00 bits per heavy atom. The van der Waals surface area contributed by atoms with Crippen molar-refractivity contribution < 1.29 is 19.1 Å². The molecule has 0 saturated heterocycles. The van der Waals surface area contributed by atoms with Crippen LogP contribution in [-0.4, -0.2) is 54.0 Å². The van der Waals surface area contributed by atoms with E-state index in [1.807, 2.05) is 6.92 Å². The largest absolute Gasteiger partial charge is 0.480 e. The number of halogens is 2. The molecule has 1 N–H and O–H groups in total. The van der Waals surface area contributed by atoms with Gasteiger partial charge in [0.1, 0.15) is 18.4 Å². The summed E-state index contributed by atoms with van der Waals surface area (Å²) >= 11 is 6.05. The molecule has 0 aliphatic carbocycles. The topological polar surface area (TPSA) is 60.9 Å². The van der Waals surface area contributed by atoms with Gasteiger partial charge in [0.15, 0.2) is 0 Å². The molecule has 1 aromatic rings. The maximum atomic E-state index is 14.1. The van der Waals surface area contributed by atoms with Gasteiger partial charge in [-0.1, -0.05) is 24.6 Å². The van der Waals surface area contributed by atoms with Crippen LogP contribution in [0.15, 0.2) is 18.2 Å². The van der Waals surface area contributed by atoms with Gasteiger partial charge in [-0.2, -0.15) is 0 Å². The molecule has 1 amide bonds. The molecule has 1 atom stereocenters. The van der Waals surface area contributed by atoms with E-state index in [-0.39, 0.29) is 17.1 Å². The van der Waals surface area contributed by atoms with Crippen molar-refractivity contribution in [1.29, 1.82) is 0 Å². The summed E-state index contributed by atoms with van der Waals surface area (Å²) in [4.78, 5) is 26.4. The number of benzene rings is 1. The lowest BCUT2D eigenvalue weighted by molar-refractivity contribution is -0.146. The highest BCUT2D eigenvalue weighted by molar-refractivity contribution is 6.31. The monoisotopic (exact) mass is 330 g/mol. The average molecular weight is 331 g/mol. The number of aliphatic carboxylic acids is 1. The summed E-state index contributed by atoms with van der Waals surface area (Å²) in [6.07, 6.45) is 0.601. The Bertz CT molecular complexity index is 531. The van der Waals surface area contributed by atoms with Crippen molar-refractivity contribution in [3.8, 4) is 0 Å². The zero-order valence-corrected chi connectivity index (χ0v) is 13.6. The van der Waals surface area contributed by atoms with E-state index in [0.717, 1.165) is 0 Å². The van der Waals surface area contributed by atoms with Crippen LogP contribution in [0.1, 0.15) is 24.9 Å². The Kier molecular flexibility index (Phi) is 6.77. The van der Waals surface area contributed by atoms with Gasteiger partial charge in [0.2, 0.25) is 5.91 Å². The molecule has 1 unspecified atom stereocenters. The molecular formula is C15H20ClFN2O3. The lowest BCUT2D eigenvalue weighted by atomic mass is 10.0. The Labute approximate surface area is 134 Å². The maximum absolute atomic E-state index is 14.1. The number of likely N-dealkylation sites (N-methyl/N-ethyl adjacent to an activating group) is 1. The summed E-state index contributed by atoms with van der Waals surface area (Å²) in [6.45, 7) is 1.69. The zero-order valence-electron chi connectivity index (χ0n) is 12.8. The van der Waals surface area contributed by atoms with Gasteiger partial charge in [-0.15, -0.1) is 0 Å². The van der Waals surface area contributed by atoms with Crippen molar-refractivity contribution in [1.82, 2.24) is 9.80 Å². The third-order valence-electron chi connectivity index (χ3n) is 3.15. The fraction of sp³-hybridized carbons (Fsp3) is 0.467. The third kappa shape index (κ3) is 4.42. The number of carbonyl (C=O) groups is 2. The van der Waals surface area contributed by atoms with Gasteiger partial charge in [-0.3, -0.25) is 14.5 Å². The molecule has 0 spiro atoms. The predicted molar refractivity (Wildman–Crippen MR) is 82.3 cm³/mol. The second-order valence-corrected chi connectivity index (χ2v) is 5.56. The average Bonchev–Trinajstić information content (AvgIpc) is 2.41.